The molecule has 3 heterocycles. The second-order valence-electron chi connectivity index (χ2n) is 7.96. The molecule has 2 fully saturated rings. The fourth-order valence-corrected chi connectivity index (χ4v) is 5.14. The zero-order valence-electron chi connectivity index (χ0n) is 18.4. The largest absolute Gasteiger partial charge is 0.368 e. The Morgan fingerprint density at radius 3 is 2.24 bits per heavy atom. The summed E-state index contributed by atoms with van der Waals surface area (Å²) in [6.07, 6.45) is 0. The van der Waals surface area contributed by atoms with Crippen LogP contribution >= 0.6 is 35.0 Å². The summed E-state index contributed by atoms with van der Waals surface area (Å²) in [4.78, 5) is 41.0. The highest BCUT2D eigenvalue weighted by atomic mass is 35.5. The Kier molecular flexibility index (Phi) is 7.82. The lowest BCUT2D eigenvalue weighted by molar-refractivity contribution is -0.136. The summed E-state index contributed by atoms with van der Waals surface area (Å²) in [5.41, 5.74) is 1.11. The van der Waals surface area contributed by atoms with E-state index in [0.717, 1.165) is 42.7 Å². The monoisotopic (exact) mass is 508 g/mol. The molecule has 2 aromatic rings. The van der Waals surface area contributed by atoms with Crippen LogP contribution in [0.3, 0.4) is 0 Å². The average molecular weight is 509 g/mol. The molecule has 2 aliphatic heterocycles. The number of carbonyl (C=O) groups is 2. The molecule has 2 amide bonds. The maximum absolute atomic E-state index is 12.6. The summed E-state index contributed by atoms with van der Waals surface area (Å²) in [5, 5.41) is 1.59. The van der Waals surface area contributed by atoms with Gasteiger partial charge in [0.2, 0.25) is 11.8 Å². The van der Waals surface area contributed by atoms with Gasteiger partial charge in [-0.25, -0.2) is 9.97 Å². The molecule has 176 valence electrons. The van der Waals surface area contributed by atoms with Crippen LogP contribution in [0.4, 0.5) is 11.5 Å². The SMILES string of the molecule is CC(=O)N1CCN(C(=O)CSc2nc(Cl)cc(N3CCN(c4cccc(Cl)c4)CC3)n2)CC1. The Morgan fingerprint density at radius 1 is 0.909 bits per heavy atom. The number of rotatable bonds is 5. The standard InChI is InChI=1S/C22H26Cl2N6O2S/c1-16(31)27-5-11-30(12-6-27)21(32)15-33-22-25-19(24)14-20(26-22)29-9-7-28(8-10-29)18-4-2-3-17(23)13-18/h2-4,13-14H,5-12,15H2,1H3. The third-order valence-corrected chi connectivity index (χ3v) is 7.10. The molecular formula is C22H26Cl2N6O2S. The number of aromatic nitrogens is 2. The number of amides is 2. The molecule has 1 aromatic heterocycles. The van der Waals surface area contributed by atoms with Gasteiger partial charge < -0.3 is 19.6 Å². The Hall–Kier alpha value is -2.23. The number of carbonyl (C=O) groups excluding carboxylic acids is 2. The zero-order valence-corrected chi connectivity index (χ0v) is 20.7. The highest BCUT2D eigenvalue weighted by Gasteiger charge is 2.23. The molecule has 0 aliphatic carbocycles. The van der Waals surface area contributed by atoms with Crippen LogP contribution in [-0.2, 0) is 9.59 Å². The van der Waals surface area contributed by atoms with E-state index < -0.39 is 0 Å². The molecule has 0 atom stereocenters. The van der Waals surface area contributed by atoms with Gasteiger partial charge in [0, 0.05) is 76.1 Å². The lowest BCUT2D eigenvalue weighted by Crippen LogP contribution is -2.50. The van der Waals surface area contributed by atoms with Crippen molar-refractivity contribution in [1.82, 2.24) is 19.8 Å². The maximum Gasteiger partial charge on any atom is 0.233 e. The second-order valence-corrected chi connectivity index (χ2v) is 9.73. The van der Waals surface area contributed by atoms with Crippen LogP contribution < -0.4 is 9.80 Å². The van der Waals surface area contributed by atoms with Gasteiger partial charge in [0.05, 0.1) is 5.75 Å². The van der Waals surface area contributed by atoms with Gasteiger partial charge in [-0.1, -0.05) is 41.0 Å². The van der Waals surface area contributed by atoms with Crippen molar-refractivity contribution < 1.29 is 9.59 Å². The van der Waals surface area contributed by atoms with Crippen LogP contribution in [0.25, 0.3) is 0 Å². The number of piperazine rings is 2. The number of thioether (sulfide) groups is 1. The first-order chi connectivity index (χ1) is 15.9. The van der Waals surface area contributed by atoms with Crippen LogP contribution in [0.1, 0.15) is 6.92 Å². The van der Waals surface area contributed by atoms with Gasteiger partial charge in [-0.2, -0.15) is 0 Å². The third kappa shape index (κ3) is 6.22. The lowest BCUT2D eigenvalue weighted by atomic mass is 10.2. The first kappa shape index (κ1) is 23.9. The summed E-state index contributed by atoms with van der Waals surface area (Å²) < 4.78 is 0. The highest BCUT2D eigenvalue weighted by molar-refractivity contribution is 7.99. The molecule has 2 aliphatic rings. The van der Waals surface area contributed by atoms with Crippen LogP contribution in [-0.4, -0.2) is 89.7 Å². The molecule has 33 heavy (non-hydrogen) atoms. The van der Waals surface area contributed by atoms with E-state index >= 15 is 0 Å². The number of anilines is 2. The predicted octanol–water partition coefficient (Wildman–Crippen LogP) is 2.89. The van der Waals surface area contributed by atoms with Gasteiger partial charge in [-0.3, -0.25) is 9.59 Å². The summed E-state index contributed by atoms with van der Waals surface area (Å²) in [5.74, 6) is 1.07. The highest BCUT2D eigenvalue weighted by Crippen LogP contribution is 2.25. The molecule has 0 radical (unpaired) electrons. The lowest BCUT2D eigenvalue weighted by Gasteiger charge is -2.36. The van der Waals surface area contributed by atoms with Gasteiger partial charge in [-0.05, 0) is 18.2 Å². The molecule has 1 aromatic carbocycles. The quantitative estimate of drug-likeness (QED) is 0.349. The van der Waals surface area contributed by atoms with Gasteiger partial charge in [0.15, 0.2) is 5.16 Å². The molecular weight excluding hydrogens is 483 g/mol. The minimum absolute atomic E-state index is 0.0171. The zero-order chi connectivity index (χ0) is 23.4. The number of benzene rings is 1. The number of hydrogen-bond donors (Lipinski definition) is 0. The Bertz CT molecular complexity index is 1010. The number of hydrogen-bond acceptors (Lipinski definition) is 7. The summed E-state index contributed by atoms with van der Waals surface area (Å²) in [7, 11) is 0. The van der Waals surface area contributed by atoms with Gasteiger partial charge in [0.25, 0.3) is 0 Å². The van der Waals surface area contributed by atoms with E-state index in [2.05, 4.69) is 25.8 Å². The van der Waals surface area contributed by atoms with Gasteiger partial charge >= 0.3 is 0 Å². The molecule has 2 saturated heterocycles. The Balaban J connectivity index is 1.32. The Labute approximate surface area is 207 Å². The predicted molar refractivity (Wildman–Crippen MR) is 132 cm³/mol. The van der Waals surface area contributed by atoms with Crippen LogP contribution in [0.15, 0.2) is 35.5 Å². The van der Waals surface area contributed by atoms with Gasteiger partial charge in [-0.15, -0.1) is 0 Å². The van der Waals surface area contributed by atoms with E-state index in [4.69, 9.17) is 23.2 Å². The molecule has 4 rings (SSSR count). The summed E-state index contributed by atoms with van der Waals surface area (Å²) in [6, 6.07) is 9.64. The topological polar surface area (TPSA) is 72.9 Å². The summed E-state index contributed by atoms with van der Waals surface area (Å²) >= 11 is 13.7. The average Bonchev–Trinajstić information content (AvgIpc) is 2.82. The molecule has 0 unspecified atom stereocenters. The van der Waals surface area contributed by atoms with Crippen LogP contribution in [0.5, 0.6) is 0 Å². The van der Waals surface area contributed by atoms with Crippen molar-refractivity contribution >= 4 is 58.3 Å². The van der Waals surface area contributed by atoms with E-state index in [9.17, 15) is 9.59 Å². The maximum atomic E-state index is 12.6. The Morgan fingerprint density at radius 2 is 1.58 bits per heavy atom. The molecule has 0 saturated carbocycles. The van der Waals surface area contributed by atoms with Crippen molar-refractivity contribution in [3.05, 3.63) is 40.5 Å². The first-order valence-corrected chi connectivity index (χ1v) is 12.6. The summed E-state index contributed by atoms with van der Waals surface area (Å²) in [6.45, 7) is 7.08. The van der Waals surface area contributed by atoms with Crippen molar-refractivity contribution in [2.45, 2.75) is 12.1 Å². The van der Waals surface area contributed by atoms with Crippen molar-refractivity contribution in [2.24, 2.45) is 0 Å². The second kappa shape index (κ2) is 10.8. The number of halogens is 2. The van der Waals surface area contributed by atoms with E-state index in [1.54, 1.807) is 22.8 Å². The van der Waals surface area contributed by atoms with Crippen LogP contribution in [0, 0.1) is 0 Å². The minimum Gasteiger partial charge on any atom is -0.368 e. The van der Waals surface area contributed by atoms with Crippen LogP contribution in [0.2, 0.25) is 10.2 Å². The molecule has 0 spiro atoms. The minimum atomic E-state index is 0.0171. The van der Waals surface area contributed by atoms with Gasteiger partial charge in [0.1, 0.15) is 11.0 Å². The molecule has 0 N–H and O–H groups in total. The van der Waals surface area contributed by atoms with Crippen molar-refractivity contribution in [1.29, 1.82) is 0 Å². The fraction of sp³-hybridized carbons (Fsp3) is 0.455. The molecule has 11 heteroatoms. The van der Waals surface area contributed by atoms with Crippen molar-refractivity contribution in [2.75, 3.05) is 67.9 Å². The van der Waals surface area contributed by atoms with E-state index in [0.29, 0.717) is 36.5 Å². The van der Waals surface area contributed by atoms with E-state index in [1.165, 1.54) is 11.8 Å². The normalized spacial score (nSPS) is 16.8. The molecule has 0 bridgehead atoms. The van der Waals surface area contributed by atoms with Crippen molar-refractivity contribution in [3.63, 3.8) is 0 Å². The smallest absolute Gasteiger partial charge is 0.233 e. The van der Waals surface area contributed by atoms with E-state index in [1.807, 2.05) is 18.2 Å². The van der Waals surface area contributed by atoms with E-state index in [-0.39, 0.29) is 17.6 Å². The molecule has 8 nitrogen and oxygen atoms in total. The fourth-order valence-electron chi connectivity index (χ4n) is 3.97. The third-order valence-electron chi connectivity index (χ3n) is 5.84. The van der Waals surface area contributed by atoms with Crippen molar-refractivity contribution in [3.8, 4) is 0 Å². The number of nitrogens with zero attached hydrogens (tertiary/aromatic N) is 6. The first-order valence-electron chi connectivity index (χ1n) is 10.8.